The van der Waals surface area contributed by atoms with Crippen molar-refractivity contribution >= 4 is 68.8 Å². The van der Waals surface area contributed by atoms with E-state index in [0.717, 1.165) is 10.5 Å². The van der Waals surface area contributed by atoms with E-state index in [1.807, 2.05) is 0 Å². The van der Waals surface area contributed by atoms with Gasteiger partial charge in [0.25, 0.3) is 11.8 Å². The Balaban J connectivity index is 1.80. The van der Waals surface area contributed by atoms with Crippen LogP contribution in [0.4, 0.5) is 5.69 Å². The average Bonchev–Trinajstić information content (AvgIpc) is 3.10. The fourth-order valence-electron chi connectivity index (χ4n) is 3.96. The van der Waals surface area contributed by atoms with Crippen LogP contribution in [-0.2, 0) is 9.59 Å². The summed E-state index contributed by atoms with van der Waals surface area (Å²) in [6.45, 7) is 3.46. The summed E-state index contributed by atoms with van der Waals surface area (Å²) in [5.41, 5.74) is 2.03. The second-order valence-electron chi connectivity index (χ2n) is 7.98. The molecule has 2 heterocycles. The lowest BCUT2D eigenvalue weighted by molar-refractivity contribution is -0.122. The van der Waals surface area contributed by atoms with Gasteiger partial charge >= 0.3 is 11.9 Å². The first kappa shape index (κ1) is 25.0. The Morgan fingerprint density at radius 1 is 0.944 bits per heavy atom. The quantitative estimate of drug-likeness (QED) is 0.240. The Bertz CT molecular complexity index is 1470. The van der Waals surface area contributed by atoms with Crippen LogP contribution in [0.1, 0.15) is 37.7 Å². The summed E-state index contributed by atoms with van der Waals surface area (Å²) in [4.78, 5) is 50.3. The van der Waals surface area contributed by atoms with Gasteiger partial charge < -0.3 is 14.8 Å². The summed E-state index contributed by atoms with van der Waals surface area (Å²) in [5, 5.41) is 21.3. The van der Waals surface area contributed by atoms with E-state index in [2.05, 4.69) is 21.2 Å². The molecule has 36 heavy (non-hydrogen) atoms. The van der Waals surface area contributed by atoms with Crippen molar-refractivity contribution in [3.63, 3.8) is 0 Å². The largest absolute Gasteiger partial charge is 0.478 e. The number of halogens is 1. The Morgan fingerprint density at radius 3 is 2.08 bits per heavy atom. The summed E-state index contributed by atoms with van der Waals surface area (Å²) in [5.74, 6) is -3.78. The molecule has 182 valence electrons. The third-order valence-electron chi connectivity index (χ3n) is 5.63. The third kappa shape index (κ3) is 4.58. The topological polar surface area (TPSA) is 129 Å². The van der Waals surface area contributed by atoms with Crippen LogP contribution in [-0.4, -0.2) is 43.6 Å². The van der Waals surface area contributed by atoms with Crippen LogP contribution in [0.15, 0.2) is 58.6 Å². The molecular weight excluding hydrogens is 550 g/mol. The lowest BCUT2D eigenvalue weighted by Crippen LogP contribution is -2.54. The summed E-state index contributed by atoms with van der Waals surface area (Å²) in [6, 6.07) is 12.4. The Morgan fingerprint density at radius 2 is 1.53 bits per heavy atom. The predicted molar refractivity (Wildman–Crippen MR) is 140 cm³/mol. The molecule has 3 aromatic rings. The molecule has 1 saturated heterocycles. The van der Waals surface area contributed by atoms with Gasteiger partial charge in [-0.1, -0.05) is 15.9 Å². The minimum atomic E-state index is -1.27. The lowest BCUT2D eigenvalue weighted by atomic mass is 10.1. The van der Waals surface area contributed by atoms with Crippen molar-refractivity contribution in [3.05, 3.63) is 86.7 Å². The molecule has 3 N–H and O–H groups in total. The zero-order valence-corrected chi connectivity index (χ0v) is 21.3. The molecule has 9 nitrogen and oxygen atoms in total. The first-order chi connectivity index (χ1) is 17.0. The molecule has 0 saturated carbocycles. The average molecular weight is 568 g/mol. The van der Waals surface area contributed by atoms with Gasteiger partial charge in [-0.15, -0.1) is 0 Å². The Labute approximate surface area is 218 Å². The number of amides is 2. The molecule has 0 radical (unpaired) electrons. The molecule has 2 amide bonds. The molecule has 4 rings (SSSR count). The van der Waals surface area contributed by atoms with Gasteiger partial charge in [0.1, 0.15) is 5.57 Å². The highest BCUT2D eigenvalue weighted by Gasteiger charge is 2.34. The van der Waals surface area contributed by atoms with Crippen LogP contribution in [0.3, 0.4) is 0 Å². The molecule has 1 aliphatic rings. The molecule has 0 bridgehead atoms. The summed E-state index contributed by atoms with van der Waals surface area (Å²) in [7, 11) is 0. The number of aromatic nitrogens is 1. The van der Waals surface area contributed by atoms with Crippen LogP contribution >= 0.6 is 28.1 Å². The molecule has 1 aliphatic heterocycles. The number of aromatic carboxylic acids is 2. The zero-order chi connectivity index (χ0) is 26.3. The third-order valence-corrected chi connectivity index (χ3v) is 6.44. The number of hydrogen-bond acceptors (Lipinski definition) is 5. The number of rotatable bonds is 5. The van der Waals surface area contributed by atoms with Gasteiger partial charge in [-0.2, -0.15) is 0 Å². The number of nitrogens with zero attached hydrogens (tertiary/aromatic N) is 2. The number of aryl methyl sites for hydroxylation is 1. The zero-order valence-electron chi connectivity index (χ0n) is 18.9. The number of hydrogen-bond donors (Lipinski definition) is 3. The Kier molecular flexibility index (Phi) is 6.61. The normalized spacial score (nSPS) is 14.8. The molecule has 11 heteroatoms. The Hall–Kier alpha value is -4.09. The van der Waals surface area contributed by atoms with Crippen LogP contribution in [0, 0.1) is 13.8 Å². The summed E-state index contributed by atoms with van der Waals surface area (Å²) in [6.07, 6.45) is 1.43. The molecular formula is C25H18BrN3O6S. The SMILES string of the molecule is Cc1cc(/C=C2\C(=O)NC(=S)N(c3ccc(Br)cc3)C2=O)c(C)n1-c1cc(C(=O)O)cc(C(=O)O)c1. The van der Waals surface area contributed by atoms with E-state index in [1.54, 1.807) is 48.7 Å². The summed E-state index contributed by atoms with van der Waals surface area (Å²) < 4.78 is 2.47. The molecule has 1 aromatic heterocycles. The minimum Gasteiger partial charge on any atom is -0.478 e. The van der Waals surface area contributed by atoms with Gasteiger partial charge in [-0.05, 0) is 86.2 Å². The first-order valence-corrected chi connectivity index (χ1v) is 11.7. The van der Waals surface area contributed by atoms with E-state index in [1.165, 1.54) is 23.1 Å². The monoisotopic (exact) mass is 567 g/mol. The van der Waals surface area contributed by atoms with Gasteiger partial charge in [-0.3, -0.25) is 19.8 Å². The second-order valence-corrected chi connectivity index (χ2v) is 9.28. The van der Waals surface area contributed by atoms with Crippen molar-refractivity contribution in [3.8, 4) is 5.69 Å². The van der Waals surface area contributed by atoms with E-state index in [-0.39, 0.29) is 21.8 Å². The molecule has 0 aliphatic carbocycles. The van der Waals surface area contributed by atoms with E-state index in [0.29, 0.717) is 28.3 Å². The maximum absolute atomic E-state index is 13.3. The molecule has 1 fully saturated rings. The van der Waals surface area contributed by atoms with Crippen LogP contribution in [0.2, 0.25) is 0 Å². The van der Waals surface area contributed by atoms with E-state index in [4.69, 9.17) is 12.2 Å². The van der Waals surface area contributed by atoms with Crippen LogP contribution in [0.5, 0.6) is 0 Å². The van der Waals surface area contributed by atoms with E-state index in [9.17, 15) is 29.4 Å². The number of carbonyl (C=O) groups is 4. The minimum absolute atomic E-state index is 0.0402. The highest BCUT2D eigenvalue weighted by atomic mass is 79.9. The van der Waals surface area contributed by atoms with Crippen LogP contribution in [0.25, 0.3) is 11.8 Å². The fourth-order valence-corrected chi connectivity index (χ4v) is 4.50. The van der Waals surface area contributed by atoms with Crippen molar-refractivity contribution in [1.29, 1.82) is 0 Å². The number of anilines is 1. The highest BCUT2D eigenvalue weighted by molar-refractivity contribution is 9.10. The van der Waals surface area contributed by atoms with E-state index >= 15 is 0 Å². The molecule has 0 spiro atoms. The number of benzene rings is 2. The first-order valence-electron chi connectivity index (χ1n) is 10.5. The molecule has 0 atom stereocenters. The smallest absolute Gasteiger partial charge is 0.335 e. The predicted octanol–water partition coefficient (Wildman–Crippen LogP) is 4.08. The second kappa shape index (κ2) is 9.51. The molecule has 2 aromatic carbocycles. The van der Waals surface area contributed by atoms with Crippen molar-refractivity contribution < 1.29 is 29.4 Å². The van der Waals surface area contributed by atoms with Gasteiger partial charge in [-0.25, -0.2) is 9.59 Å². The van der Waals surface area contributed by atoms with Crippen molar-refractivity contribution in [2.24, 2.45) is 0 Å². The number of carboxylic acids is 2. The number of carboxylic acid groups (broad SMARTS) is 2. The van der Waals surface area contributed by atoms with E-state index < -0.39 is 23.8 Å². The van der Waals surface area contributed by atoms with Gasteiger partial charge in [0.15, 0.2) is 5.11 Å². The number of carbonyl (C=O) groups excluding carboxylic acids is 2. The van der Waals surface area contributed by atoms with Gasteiger partial charge in [0.05, 0.1) is 16.8 Å². The van der Waals surface area contributed by atoms with Crippen LogP contribution < -0.4 is 10.2 Å². The fraction of sp³-hybridized carbons (Fsp3) is 0.0800. The summed E-state index contributed by atoms with van der Waals surface area (Å²) >= 11 is 8.57. The van der Waals surface area contributed by atoms with Gasteiger partial charge in [0.2, 0.25) is 0 Å². The standard InChI is InChI=1S/C25H18BrN3O6S/c1-12-7-14(13(2)28(12)19-9-15(23(32)33)8-16(10-19)24(34)35)11-20-21(30)27-25(36)29(22(20)31)18-5-3-17(26)4-6-18/h3-11H,1-2H3,(H,32,33)(H,34,35)(H,27,30,36)/b20-11+. The maximum atomic E-state index is 13.3. The van der Waals surface area contributed by atoms with Crippen molar-refractivity contribution in [1.82, 2.24) is 9.88 Å². The highest BCUT2D eigenvalue weighted by Crippen LogP contribution is 2.27. The number of thiocarbonyl (C=S) groups is 1. The van der Waals surface area contributed by atoms with Crippen molar-refractivity contribution in [2.75, 3.05) is 4.90 Å². The number of nitrogens with one attached hydrogen (secondary N) is 1. The lowest BCUT2D eigenvalue weighted by Gasteiger charge is -2.29. The van der Waals surface area contributed by atoms with Gasteiger partial charge in [0, 0.05) is 21.5 Å². The van der Waals surface area contributed by atoms with Crippen molar-refractivity contribution in [2.45, 2.75) is 13.8 Å². The molecule has 0 unspecified atom stereocenters. The maximum Gasteiger partial charge on any atom is 0.335 e.